The van der Waals surface area contributed by atoms with E-state index >= 15 is 0 Å². The third kappa shape index (κ3) is 3.35. The molecule has 0 aliphatic heterocycles. The van der Waals surface area contributed by atoms with Crippen LogP contribution in [0.1, 0.15) is 18.1 Å². The number of nitrogens with one attached hydrogen (secondary N) is 3. The van der Waals surface area contributed by atoms with E-state index in [1.807, 2.05) is 0 Å². The molecule has 6 nitrogen and oxygen atoms in total. The summed E-state index contributed by atoms with van der Waals surface area (Å²) in [5, 5.41) is 23.8. The van der Waals surface area contributed by atoms with Gasteiger partial charge in [0.25, 0.3) is 0 Å². The van der Waals surface area contributed by atoms with Crippen LogP contribution in [0, 0.1) is 5.41 Å². The molecule has 0 spiro atoms. The Balaban J connectivity index is 2.51. The Bertz CT molecular complexity index is 746. The molecule has 1 heterocycles. The fourth-order valence-electron chi connectivity index (χ4n) is 1.98. The summed E-state index contributed by atoms with van der Waals surface area (Å²) < 4.78 is 0. The molecule has 1 aromatic heterocycles. The fraction of sp³-hybridized carbons (Fsp3) is 0.133. The van der Waals surface area contributed by atoms with Gasteiger partial charge in [-0.25, -0.2) is 4.98 Å². The molecule has 1 aromatic carbocycles. The Labute approximate surface area is 132 Å². The number of halogens is 1. The molecule has 0 aliphatic rings. The van der Waals surface area contributed by atoms with Crippen LogP contribution in [-0.4, -0.2) is 28.8 Å². The van der Waals surface area contributed by atoms with Gasteiger partial charge < -0.3 is 15.7 Å². The first-order valence-electron chi connectivity index (χ1n) is 6.45. The number of hydrogen-bond donors (Lipinski definition) is 4. The molecule has 7 heteroatoms. The zero-order valence-corrected chi connectivity index (χ0v) is 12.8. The molecule has 22 heavy (non-hydrogen) atoms. The lowest BCUT2D eigenvalue weighted by atomic mass is 10.0. The van der Waals surface area contributed by atoms with Gasteiger partial charge in [0.15, 0.2) is 0 Å². The van der Waals surface area contributed by atoms with Crippen molar-refractivity contribution in [3.63, 3.8) is 0 Å². The summed E-state index contributed by atoms with van der Waals surface area (Å²) >= 11 is 6.10. The van der Waals surface area contributed by atoms with E-state index in [1.165, 1.54) is 31.3 Å². The van der Waals surface area contributed by atoms with Crippen LogP contribution in [-0.2, 0) is 4.79 Å². The molecule has 0 saturated carbocycles. The number of benzene rings is 1. The Morgan fingerprint density at radius 3 is 2.68 bits per heavy atom. The topological polar surface area (TPSA) is 98.1 Å². The number of aromatic hydroxyl groups is 1. The molecular weight excluding hydrogens is 304 g/mol. The van der Waals surface area contributed by atoms with Crippen LogP contribution < -0.4 is 10.6 Å². The van der Waals surface area contributed by atoms with E-state index < -0.39 is 0 Å². The van der Waals surface area contributed by atoms with E-state index in [1.54, 1.807) is 13.1 Å². The molecule has 0 radical (unpaired) electrons. The van der Waals surface area contributed by atoms with E-state index in [-0.39, 0.29) is 17.4 Å². The number of anilines is 2. The minimum Gasteiger partial charge on any atom is -0.508 e. The van der Waals surface area contributed by atoms with Crippen molar-refractivity contribution in [2.75, 3.05) is 17.7 Å². The van der Waals surface area contributed by atoms with E-state index in [9.17, 15) is 9.90 Å². The molecule has 0 bridgehead atoms. The van der Waals surface area contributed by atoms with Gasteiger partial charge in [-0.05, 0) is 24.3 Å². The van der Waals surface area contributed by atoms with Crippen molar-refractivity contribution in [3.8, 4) is 5.75 Å². The zero-order chi connectivity index (χ0) is 16.3. The molecular formula is C15H15ClN4O2. The lowest BCUT2D eigenvalue weighted by Gasteiger charge is -2.13. The molecule has 4 N–H and O–H groups in total. The molecule has 0 aliphatic carbocycles. The highest BCUT2D eigenvalue weighted by Crippen LogP contribution is 2.27. The van der Waals surface area contributed by atoms with Crippen LogP contribution in [0.4, 0.5) is 11.5 Å². The molecule has 114 valence electrons. The van der Waals surface area contributed by atoms with Gasteiger partial charge in [0, 0.05) is 25.1 Å². The SMILES string of the molecule is CNc1ncc(NC(C)=O)cc1C(=N)c1cc(O)ccc1Cl. The van der Waals surface area contributed by atoms with Gasteiger partial charge in [0.05, 0.1) is 22.6 Å². The Morgan fingerprint density at radius 2 is 2.05 bits per heavy atom. The summed E-state index contributed by atoms with van der Waals surface area (Å²) in [7, 11) is 1.68. The predicted molar refractivity (Wildman–Crippen MR) is 87.1 cm³/mol. The molecule has 2 rings (SSSR count). The third-order valence-corrected chi connectivity index (χ3v) is 3.26. The maximum atomic E-state index is 11.2. The van der Waals surface area contributed by atoms with Crippen molar-refractivity contribution in [2.45, 2.75) is 6.92 Å². The summed E-state index contributed by atoms with van der Waals surface area (Å²) in [4.78, 5) is 15.3. The van der Waals surface area contributed by atoms with Crippen LogP contribution in [0.3, 0.4) is 0 Å². The van der Waals surface area contributed by atoms with Gasteiger partial charge in [0.2, 0.25) is 5.91 Å². The second-order valence-electron chi connectivity index (χ2n) is 4.59. The quantitative estimate of drug-likeness (QED) is 0.651. The minimum atomic E-state index is -0.230. The Hall–Kier alpha value is -2.60. The summed E-state index contributed by atoms with van der Waals surface area (Å²) in [6, 6.07) is 6.01. The Morgan fingerprint density at radius 1 is 1.32 bits per heavy atom. The number of hydrogen-bond acceptors (Lipinski definition) is 5. The molecule has 2 aromatic rings. The molecule has 0 saturated heterocycles. The summed E-state index contributed by atoms with van der Waals surface area (Å²) in [6.07, 6.45) is 1.49. The zero-order valence-electron chi connectivity index (χ0n) is 12.1. The van der Waals surface area contributed by atoms with Crippen molar-refractivity contribution < 1.29 is 9.90 Å². The smallest absolute Gasteiger partial charge is 0.221 e. The number of amides is 1. The van der Waals surface area contributed by atoms with E-state index in [2.05, 4.69) is 15.6 Å². The largest absolute Gasteiger partial charge is 0.508 e. The van der Waals surface area contributed by atoms with Gasteiger partial charge in [-0.1, -0.05) is 11.6 Å². The maximum Gasteiger partial charge on any atom is 0.221 e. The van der Waals surface area contributed by atoms with Crippen LogP contribution in [0.15, 0.2) is 30.5 Å². The first kappa shape index (κ1) is 15.8. The number of phenols is 1. The predicted octanol–water partition coefficient (Wildman–Crippen LogP) is 2.86. The van der Waals surface area contributed by atoms with Gasteiger partial charge in [-0.2, -0.15) is 0 Å². The van der Waals surface area contributed by atoms with Gasteiger partial charge in [-0.3, -0.25) is 10.2 Å². The minimum absolute atomic E-state index is 0.0149. The number of rotatable bonds is 4. The maximum absolute atomic E-state index is 11.2. The normalized spacial score (nSPS) is 10.1. The standard InChI is InChI=1S/C15H15ClN4O2/c1-8(21)20-9-5-12(15(18-2)19-7-9)14(17)11-6-10(22)3-4-13(11)16/h3-7,17,22H,1-2H3,(H,18,19)(H,20,21). The molecule has 0 atom stereocenters. The molecule has 0 unspecified atom stereocenters. The summed E-state index contributed by atoms with van der Waals surface area (Å²) in [5.74, 6) is 0.256. The average Bonchev–Trinajstić information content (AvgIpc) is 2.48. The van der Waals surface area contributed by atoms with Crippen LogP contribution in [0.5, 0.6) is 5.75 Å². The Kier molecular flexibility index (Phi) is 4.62. The number of carbonyl (C=O) groups excluding carboxylic acids is 1. The highest BCUT2D eigenvalue weighted by Gasteiger charge is 2.15. The summed E-state index contributed by atoms with van der Waals surface area (Å²) in [6.45, 7) is 1.39. The van der Waals surface area contributed by atoms with Crippen LogP contribution >= 0.6 is 11.6 Å². The van der Waals surface area contributed by atoms with Gasteiger partial charge in [0.1, 0.15) is 11.6 Å². The number of carbonyl (C=O) groups is 1. The van der Waals surface area contributed by atoms with Gasteiger partial charge in [-0.15, -0.1) is 0 Å². The second kappa shape index (κ2) is 6.44. The van der Waals surface area contributed by atoms with Crippen molar-refractivity contribution in [1.82, 2.24) is 4.98 Å². The number of pyridine rings is 1. The summed E-state index contributed by atoms with van der Waals surface area (Å²) in [5.41, 5.74) is 1.40. The highest BCUT2D eigenvalue weighted by atomic mass is 35.5. The third-order valence-electron chi connectivity index (χ3n) is 2.93. The monoisotopic (exact) mass is 318 g/mol. The fourth-order valence-corrected chi connectivity index (χ4v) is 2.19. The lowest BCUT2D eigenvalue weighted by molar-refractivity contribution is -0.114. The van der Waals surface area contributed by atoms with Crippen molar-refractivity contribution >= 4 is 34.7 Å². The van der Waals surface area contributed by atoms with Gasteiger partial charge >= 0.3 is 0 Å². The lowest BCUT2D eigenvalue weighted by Crippen LogP contribution is -2.11. The molecule has 0 fully saturated rings. The van der Waals surface area contributed by atoms with Crippen LogP contribution in [0.25, 0.3) is 0 Å². The van der Waals surface area contributed by atoms with Crippen molar-refractivity contribution in [1.29, 1.82) is 5.41 Å². The first-order valence-corrected chi connectivity index (χ1v) is 6.83. The van der Waals surface area contributed by atoms with E-state index in [4.69, 9.17) is 17.0 Å². The van der Waals surface area contributed by atoms with E-state index in [0.29, 0.717) is 27.7 Å². The molecule has 1 amide bonds. The van der Waals surface area contributed by atoms with E-state index in [0.717, 1.165) is 0 Å². The first-order chi connectivity index (χ1) is 10.4. The number of phenolic OH excluding ortho intramolecular Hbond substituents is 1. The number of aromatic nitrogens is 1. The second-order valence-corrected chi connectivity index (χ2v) is 5.00. The van der Waals surface area contributed by atoms with Crippen molar-refractivity contribution in [3.05, 3.63) is 46.6 Å². The van der Waals surface area contributed by atoms with Crippen LogP contribution in [0.2, 0.25) is 5.02 Å². The average molecular weight is 319 g/mol. The highest BCUT2D eigenvalue weighted by molar-refractivity contribution is 6.35. The van der Waals surface area contributed by atoms with Crippen molar-refractivity contribution in [2.24, 2.45) is 0 Å². The number of nitrogens with zero attached hydrogens (tertiary/aromatic N) is 1.